The van der Waals surface area contributed by atoms with E-state index in [1.54, 1.807) is 6.92 Å². The Morgan fingerprint density at radius 3 is 2.31 bits per heavy atom. The monoisotopic (exact) mass is 424 g/mol. The molecule has 2 atom stereocenters. The molecule has 0 bridgehead atoms. The number of hydrogen-bond acceptors (Lipinski definition) is 5. The van der Waals surface area contributed by atoms with Crippen LogP contribution < -0.4 is 10.0 Å². The van der Waals surface area contributed by atoms with Crippen molar-refractivity contribution >= 4 is 21.9 Å². The Morgan fingerprint density at radius 1 is 1.10 bits per heavy atom. The Hall–Kier alpha value is -1.93. The molecule has 0 unspecified atom stereocenters. The van der Waals surface area contributed by atoms with Gasteiger partial charge in [-0.25, -0.2) is 17.9 Å². The van der Waals surface area contributed by atoms with Gasteiger partial charge in [-0.1, -0.05) is 26.2 Å². The maximum Gasteiger partial charge on any atom is 0.338 e. The van der Waals surface area contributed by atoms with E-state index in [1.807, 2.05) is 6.92 Å². The summed E-state index contributed by atoms with van der Waals surface area (Å²) in [6, 6.07) is 5.31. The highest BCUT2D eigenvalue weighted by Gasteiger charge is 2.22. The Labute approximate surface area is 173 Å². The molecule has 1 aromatic rings. The molecule has 2 rings (SSSR count). The number of carbonyl (C=O) groups is 2. The molecule has 162 valence electrons. The first kappa shape index (κ1) is 23.3. The number of benzene rings is 1. The minimum absolute atomic E-state index is 0.0765. The van der Waals surface area contributed by atoms with Crippen molar-refractivity contribution in [1.82, 2.24) is 10.0 Å². The van der Waals surface area contributed by atoms with Crippen LogP contribution in [0.1, 0.15) is 69.7 Å². The normalized spacial score (nSPS) is 17.3. The maximum atomic E-state index is 12.3. The van der Waals surface area contributed by atoms with E-state index >= 15 is 0 Å². The van der Waals surface area contributed by atoms with E-state index in [-0.39, 0.29) is 22.4 Å². The molecule has 0 radical (unpaired) electrons. The van der Waals surface area contributed by atoms with Gasteiger partial charge in [-0.3, -0.25) is 4.79 Å². The van der Waals surface area contributed by atoms with Crippen LogP contribution >= 0.6 is 0 Å². The highest BCUT2D eigenvalue weighted by atomic mass is 32.2. The van der Waals surface area contributed by atoms with Crippen molar-refractivity contribution in [3.8, 4) is 0 Å². The molecule has 1 aliphatic carbocycles. The van der Waals surface area contributed by atoms with Gasteiger partial charge in [-0.2, -0.15) is 0 Å². The smallest absolute Gasteiger partial charge is 0.338 e. The summed E-state index contributed by atoms with van der Waals surface area (Å²) in [7, 11) is -3.63. The van der Waals surface area contributed by atoms with E-state index in [9.17, 15) is 18.0 Å². The van der Waals surface area contributed by atoms with Crippen molar-refractivity contribution in [3.05, 3.63) is 29.8 Å². The third kappa shape index (κ3) is 7.12. The van der Waals surface area contributed by atoms with Crippen molar-refractivity contribution in [3.63, 3.8) is 0 Å². The van der Waals surface area contributed by atoms with Crippen LogP contribution in [0.3, 0.4) is 0 Å². The Morgan fingerprint density at radius 2 is 1.72 bits per heavy atom. The second-order valence-electron chi connectivity index (χ2n) is 7.75. The molecule has 1 fully saturated rings. The van der Waals surface area contributed by atoms with Crippen LogP contribution in [0.5, 0.6) is 0 Å². The molecular weight excluding hydrogens is 392 g/mol. The second-order valence-corrected chi connectivity index (χ2v) is 9.47. The molecule has 7 nitrogen and oxygen atoms in total. The predicted octanol–water partition coefficient (Wildman–Crippen LogP) is 3.01. The lowest BCUT2D eigenvalue weighted by Crippen LogP contribution is -2.38. The zero-order chi connectivity index (χ0) is 21.4. The second kappa shape index (κ2) is 10.7. The zero-order valence-electron chi connectivity index (χ0n) is 17.4. The molecule has 1 aromatic carbocycles. The first-order valence-corrected chi connectivity index (χ1v) is 11.8. The maximum absolute atomic E-state index is 12.3. The first-order valence-electron chi connectivity index (χ1n) is 10.3. The fourth-order valence-electron chi connectivity index (χ4n) is 3.25. The minimum atomic E-state index is -3.63. The van der Waals surface area contributed by atoms with Gasteiger partial charge in [0.05, 0.1) is 10.5 Å². The van der Waals surface area contributed by atoms with Crippen molar-refractivity contribution < 1.29 is 22.7 Å². The van der Waals surface area contributed by atoms with Crippen molar-refractivity contribution in [2.24, 2.45) is 5.92 Å². The molecule has 0 heterocycles. The lowest BCUT2D eigenvalue weighted by atomic mass is 9.89. The molecule has 1 saturated carbocycles. The molecule has 0 saturated heterocycles. The standard InChI is InChI=1S/C21H32N2O5S/c1-4-15(2)23-29(26,27)19-12-10-18(11-13-19)21(25)28-16(3)20(24)22-14-17-8-6-5-7-9-17/h10-13,15-17,23H,4-9,14H2,1-3H3,(H,22,24)/t15-,16-/m0/s1. The average Bonchev–Trinajstić information content (AvgIpc) is 2.72. The van der Waals surface area contributed by atoms with Gasteiger partial charge in [0.25, 0.3) is 5.91 Å². The number of esters is 1. The SMILES string of the molecule is CC[C@H](C)NS(=O)(=O)c1ccc(C(=O)O[C@@H](C)C(=O)NCC2CCCCC2)cc1. The van der Waals surface area contributed by atoms with Crippen LogP contribution in [-0.4, -0.2) is 39.0 Å². The number of carbonyl (C=O) groups excluding carboxylic acids is 2. The van der Waals surface area contributed by atoms with Crippen molar-refractivity contribution in [2.45, 2.75) is 76.3 Å². The van der Waals surface area contributed by atoms with Gasteiger partial charge in [0.1, 0.15) is 0 Å². The lowest BCUT2D eigenvalue weighted by Gasteiger charge is -2.22. The first-order chi connectivity index (χ1) is 13.7. The van der Waals surface area contributed by atoms with E-state index in [2.05, 4.69) is 10.0 Å². The van der Waals surface area contributed by atoms with Gasteiger partial charge in [0, 0.05) is 12.6 Å². The van der Waals surface area contributed by atoms with Crippen molar-refractivity contribution in [2.75, 3.05) is 6.54 Å². The van der Waals surface area contributed by atoms with Gasteiger partial charge in [0.2, 0.25) is 10.0 Å². The summed E-state index contributed by atoms with van der Waals surface area (Å²) in [4.78, 5) is 24.6. The van der Waals surface area contributed by atoms with Crippen LogP contribution in [0.2, 0.25) is 0 Å². The van der Waals surface area contributed by atoms with Crippen LogP contribution in [0.25, 0.3) is 0 Å². The van der Waals surface area contributed by atoms with Crippen LogP contribution in [0, 0.1) is 5.92 Å². The minimum Gasteiger partial charge on any atom is -0.449 e. The van der Waals surface area contributed by atoms with Gasteiger partial charge in [0.15, 0.2) is 6.10 Å². The summed E-state index contributed by atoms with van der Waals surface area (Å²) in [6.07, 6.45) is 5.65. The zero-order valence-corrected chi connectivity index (χ0v) is 18.3. The lowest BCUT2D eigenvalue weighted by molar-refractivity contribution is -0.129. The van der Waals surface area contributed by atoms with E-state index in [0.717, 1.165) is 12.8 Å². The molecule has 8 heteroatoms. The average molecular weight is 425 g/mol. The number of hydrogen-bond donors (Lipinski definition) is 2. The third-order valence-corrected chi connectivity index (χ3v) is 6.92. The molecule has 0 spiro atoms. The number of ether oxygens (including phenoxy) is 1. The Balaban J connectivity index is 1.88. The predicted molar refractivity (Wildman–Crippen MR) is 111 cm³/mol. The molecular formula is C21H32N2O5S. The van der Waals surface area contributed by atoms with E-state index < -0.39 is 22.1 Å². The highest BCUT2D eigenvalue weighted by molar-refractivity contribution is 7.89. The summed E-state index contributed by atoms with van der Waals surface area (Å²) >= 11 is 0. The van der Waals surface area contributed by atoms with E-state index in [0.29, 0.717) is 18.9 Å². The molecule has 0 aliphatic heterocycles. The number of nitrogens with one attached hydrogen (secondary N) is 2. The highest BCUT2D eigenvalue weighted by Crippen LogP contribution is 2.22. The van der Waals surface area contributed by atoms with Crippen LogP contribution in [0.4, 0.5) is 0 Å². The summed E-state index contributed by atoms with van der Waals surface area (Å²) in [6.45, 7) is 5.81. The molecule has 1 amide bonds. The number of amides is 1. The quantitative estimate of drug-likeness (QED) is 0.594. The summed E-state index contributed by atoms with van der Waals surface area (Å²) in [5, 5.41) is 2.86. The largest absolute Gasteiger partial charge is 0.449 e. The van der Waals surface area contributed by atoms with Crippen LogP contribution in [-0.2, 0) is 19.6 Å². The summed E-state index contributed by atoms with van der Waals surface area (Å²) in [5.74, 6) is -0.487. The van der Waals surface area contributed by atoms with Crippen molar-refractivity contribution in [1.29, 1.82) is 0 Å². The Kier molecular flexibility index (Phi) is 8.64. The molecule has 1 aliphatic rings. The van der Waals surface area contributed by atoms with E-state index in [4.69, 9.17) is 4.74 Å². The van der Waals surface area contributed by atoms with Gasteiger partial charge in [-0.05, 0) is 63.3 Å². The molecule has 29 heavy (non-hydrogen) atoms. The number of sulfonamides is 1. The molecule has 2 N–H and O–H groups in total. The van der Waals surface area contributed by atoms with Gasteiger partial charge < -0.3 is 10.1 Å². The molecule has 0 aromatic heterocycles. The van der Waals surface area contributed by atoms with Gasteiger partial charge >= 0.3 is 5.97 Å². The van der Waals surface area contributed by atoms with E-state index in [1.165, 1.54) is 50.5 Å². The third-order valence-electron chi connectivity index (χ3n) is 5.31. The summed E-state index contributed by atoms with van der Waals surface area (Å²) in [5.41, 5.74) is 0.194. The fraction of sp³-hybridized carbons (Fsp3) is 0.619. The topological polar surface area (TPSA) is 102 Å². The summed E-state index contributed by atoms with van der Waals surface area (Å²) < 4.78 is 32.3. The number of rotatable bonds is 9. The Bertz CT molecular complexity index is 786. The van der Waals surface area contributed by atoms with Gasteiger partial charge in [-0.15, -0.1) is 0 Å². The fourth-order valence-corrected chi connectivity index (χ4v) is 4.58. The van der Waals surface area contributed by atoms with Crippen LogP contribution in [0.15, 0.2) is 29.2 Å².